The van der Waals surface area contributed by atoms with Gasteiger partial charge >= 0.3 is 0 Å². The fraction of sp³-hybridized carbons (Fsp3) is 0.500. The summed E-state index contributed by atoms with van der Waals surface area (Å²) in [5, 5.41) is 2.85. The molecule has 0 spiro atoms. The minimum absolute atomic E-state index is 0.0557. The van der Waals surface area contributed by atoms with Crippen molar-refractivity contribution in [3.05, 3.63) is 41.7 Å². The smallest absolute Gasteiger partial charge is 0.262 e. The van der Waals surface area contributed by atoms with E-state index in [9.17, 15) is 13.2 Å². The zero-order chi connectivity index (χ0) is 20.7. The van der Waals surface area contributed by atoms with E-state index in [1.165, 1.54) is 44.7 Å². The third-order valence-corrected chi connectivity index (χ3v) is 6.52. The molecule has 2 aliphatic heterocycles. The number of hydrogen-bond acceptors (Lipinski definition) is 6. The molecule has 1 unspecified atom stereocenters. The number of methoxy groups -OCH3 is 1. The molecule has 1 amide bonds. The predicted octanol–water partition coefficient (Wildman–Crippen LogP) is 1.51. The highest BCUT2D eigenvalue weighted by Gasteiger charge is 2.24. The molecule has 0 aliphatic carbocycles. The molecule has 1 fully saturated rings. The third-order valence-electron chi connectivity index (χ3n) is 5.06. The predicted molar refractivity (Wildman–Crippen MR) is 111 cm³/mol. The Morgan fingerprint density at radius 2 is 2.00 bits per heavy atom. The summed E-state index contributed by atoms with van der Waals surface area (Å²) < 4.78 is 33.6. The average molecular weight is 421 g/mol. The van der Waals surface area contributed by atoms with Gasteiger partial charge in [0.25, 0.3) is 15.9 Å². The van der Waals surface area contributed by atoms with Gasteiger partial charge in [-0.3, -0.25) is 14.5 Å². The number of aliphatic imine (C=N–C) groups is 1. The summed E-state index contributed by atoms with van der Waals surface area (Å²) in [7, 11) is -2.39. The number of hydrogen-bond donors (Lipinski definition) is 2. The van der Waals surface area contributed by atoms with E-state index in [1.807, 2.05) is 0 Å². The van der Waals surface area contributed by atoms with Gasteiger partial charge in [-0.15, -0.1) is 0 Å². The second kappa shape index (κ2) is 10.00. The first-order valence-electron chi connectivity index (χ1n) is 9.87. The molecular weight excluding hydrogens is 392 g/mol. The molecule has 1 atom stereocenters. The van der Waals surface area contributed by atoms with Crippen LogP contribution in [0.25, 0.3) is 0 Å². The van der Waals surface area contributed by atoms with E-state index in [0.717, 1.165) is 19.6 Å². The highest BCUT2D eigenvalue weighted by atomic mass is 32.2. The van der Waals surface area contributed by atoms with Gasteiger partial charge in [-0.1, -0.05) is 18.6 Å². The minimum atomic E-state index is -3.93. The second-order valence-electron chi connectivity index (χ2n) is 7.19. The van der Waals surface area contributed by atoms with E-state index in [0.29, 0.717) is 18.7 Å². The molecule has 3 rings (SSSR count). The number of ether oxygens (including phenoxy) is 1. The molecule has 0 bridgehead atoms. The van der Waals surface area contributed by atoms with Crippen LogP contribution in [0.15, 0.2) is 46.1 Å². The number of sulfonamides is 1. The molecule has 1 saturated heterocycles. The summed E-state index contributed by atoms with van der Waals surface area (Å²) in [5.74, 6) is -0.395. The van der Waals surface area contributed by atoms with Crippen molar-refractivity contribution >= 4 is 22.1 Å². The van der Waals surface area contributed by atoms with Crippen molar-refractivity contribution in [3.8, 4) is 0 Å². The molecule has 8 nitrogen and oxygen atoms in total. The highest BCUT2D eigenvalue weighted by Crippen LogP contribution is 2.19. The SMILES string of the molecule is COC1C=NC=C(NS(=O)(=O)c2ccccc2C(=O)NCCN2CCCCC2)C1. The summed E-state index contributed by atoms with van der Waals surface area (Å²) in [6.07, 6.45) is 6.77. The Balaban J connectivity index is 1.66. The summed E-state index contributed by atoms with van der Waals surface area (Å²) in [6.45, 7) is 3.34. The van der Waals surface area contributed by atoms with Gasteiger partial charge in [-0.2, -0.15) is 0 Å². The molecule has 29 heavy (non-hydrogen) atoms. The van der Waals surface area contributed by atoms with E-state index in [-0.39, 0.29) is 16.6 Å². The zero-order valence-electron chi connectivity index (χ0n) is 16.6. The first-order valence-corrected chi connectivity index (χ1v) is 11.4. The number of likely N-dealkylation sites (tertiary alicyclic amines) is 1. The van der Waals surface area contributed by atoms with Gasteiger partial charge in [-0.25, -0.2) is 8.42 Å². The lowest BCUT2D eigenvalue weighted by Crippen LogP contribution is -2.38. The van der Waals surface area contributed by atoms with Crippen LogP contribution in [0, 0.1) is 0 Å². The van der Waals surface area contributed by atoms with Crippen LogP contribution in [-0.2, 0) is 14.8 Å². The lowest BCUT2D eigenvalue weighted by atomic mass is 10.1. The number of rotatable bonds is 8. The quantitative estimate of drug-likeness (QED) is 0.664. The van der Waals surface area contributed by atoms with Gasteiger partial charge < -0.3 is 15.0 Å². The molecular formula is C20H28N4O4S. The maximum absolute atomic E-state index is 12.9. The molecule has 1 aromatic rings. The van der Waals surface area contributed by atoms with Crippen LogP contribution < -0.4 is 10.0 Å². The van der Waals surface area contributed by atoms with Crippen molar-refractivity contribution in [2.24, 2.45) is 4.99 Å². The molecule has 1 aromatic carbocycles. The third kappa shape index (κ3) is 5.88. The van der Waals surface area contributed by atoms with Crippen LogP contribution >= 0.6 is 0 Å². The second-order valence-corrected chi connectivity index (χ2v) is 8.84. The number of piperidine rings is 1. The standard InChI is InChI=1S/C20H28N4O4S/c1-28-17-13-16(14-21-15-17)23-29(26,27)19-8-4-3-7-18(19)20(25)22-9-12-24-10-5-2-6-11-24/h3-4,7-8,14-15,17,23H,2,5-6,9-13H2,1H3,(H,22,25). The van der Waals surface area contributed by atoms with Crippen LogP contribution in [0.1, 0.15) is 36.0 Å². The average Bonchev–Trinajstić information content (AvgIpc) is 2.74. The minimum Gasteiger partial charge on any atom is -0.375 e. The van der Waals surface area contributed by atoms with Gasteiger partial charge in [0.05, 0.1) is 11.7 Å². The normalized spacial score (nSPS) is 20.2. The summed E-state index contributed by atoms with van der Waals surface area (Å²) in [6, 6.07) is 6.21. The van der Waals surface area contributed by atoms with Crippen molar-refractivity contribution in [1.29, 1.82) is 0 Å². The number of benzene rings is 1. The number of nitrogens with zero attached hydrogens (tertiary/aromatic N) is 2. The van der Waals surface area contributed by atoms with Crippen LogP contribution in [0.2, 0.25) is 0 Å². The topological polar surface area (TPSA) is 100 Å². The van der Waals surface area contributed by atoms with Gasteiger partial charge in [0, 0.05) is 44.7 Å². The first-order chi connectivity index (χ1) is 14.0. The molecule has 9 heteroatoms. The molecule has 158 valence electrons. The Hall–Kier alpha value is -2.23. The van der Waals surface area contributed by atoms with Crippen molar-refractivity contribution < 1.29 is 17.9 Å². The maximum Gasteiger partial charge on any atom is 0.262 e. The lowest BCUT2D eigenvalue weighted by molar-refractivity contribution is 0.0943. The Labute approximate surface area is 172 Å². The monoisotopic (exact) mass is 420 g/mol. The fourth-order valence-corrected chi connectivity index (χ4v) is 4.78. The molecule has 2 N–H and O–H groups in total. The van der Waals surface area contributed by atoms with Gasteiger partial charge in [0.15, 0.2) is 0 Å². The Morgan fingerprint density at radius 1 is 1.24 bits per heavy atom. The number of carbonyl (C=O) groups excluding carboxylic acids is 1. The number of nitrogens with one attached hydrogen (secondary N) is 2. The Morgan fingerprint density at radius 3 is 2.76 bits per heavy atom. The number of amides is 1. The van der Waals surface area contributed by atoms with Crippen molar-refractivity contribution in [1.82, 2.24) is 14.9 Å². The highest BCUT2D eigenvalue weighted by molar-refractivity contribution is 7.89. The van der Waals surface area contributed by atoms with Crippen molar-refractivity contribution in [2.45, 2.75) is 36.7 Å². The number of carbonyl (C=O) groups is 1. The Bertz CT molecular complexity index is 876. The van der Waals surface area contributed by atoms with E-state index >= 15 is 0 Å². The van der Waals surface area contributed by atoms with Crippen LogP contribution in [0.4, 0.5) is 0 Å². The molecule has 0 saturated carbocycles. The van der Waals surface area contributed by atoms with E-state index in [1.54, 1.807) is 18.3 Å². The van der Waals surface area contributed by atoms with Crippen LogP contribution in [0.3, 0.4) is 0 Å². The summed E-state index contributed by atoms with van der Waals surface area (Å²) >= 11 is 0. The first kappa shape index (κ1) is 21.5. The molecule has 2 aliphatic rings. The maximum atomic E-state index is 12.9. The van der Waals surface area contributed by atoms with E-state index in [2.05, 4.69) is 19.9 Å². The molecule has 0 radical (unpaired) electrons. The van der Waals surface area contributed by atoms with Gasteiger partial charge in [0.1, 0.15) is 4.90 Å². The van der Waals surface area contributed by atoms with Crippen molar-refractivity contribution in [2.75, 3.05) is 33.3 Å². The molecule has 0 aromatic heterocycles. The summed E-state index contributed by atoms with van der Waals surface area (Å²) in [5.41, 5.74) is 0.543. The zero-order valence-corrected chi connectivity index (χ0v) is 17.5. The van der Waals surface area contributed by atoms with E-state index < -0.39 is 15.9 Å². The van der Waals surface area contributed by atoms with Gasteiger partial charge in [-0.05, 0) is 38.1 Å². The van der Waals surface area contributed by atoms with Gasteiger partial charge in [0.2, 0.25) is 0 Å². The van der Waals surface area contributed by atoms with Crippen molar-refractivity contribution in [3.63, 3.8) is 0 Å². The Kier molecular flexibility index (Phi) is 7.40. The van der Waals surface area contributed by atoms with Crippen LogP contribution in [0.5, 0.6) is 0 Å². The molecule has 2 heterocycles. The largest absolute Gasteiger partial charge is 0.375 e. The summed E-state index contributed by atoms with van der Waals surface area (Å²) in [4.78, 5) is 18.9. The fourth-order valence-electron chi connectivity index (χ4n) is 3.49. The van der Waals surface area contributed by atoms with E-state index in [4.69, 9.17) is 4.74 Å². The lowest BCUT2D eigenvalue weighted by Gasteiger charge is -2.26. The van der Waals surface area contributed by atoms with Crippen LogP contribution in [-0.4, -0.2) is 64.8 Å².